The Morgan fingerprint density at radius 1 is 0.242 bits per heavy atom. The van der Waals surface area contributed by atoms with Gasteiger partial charge in [0, 0.05) is 0 Å². The zero-order valence-electron chi connectivity index (χ0n) is 24.0. The molecule has 0 spiro atoms. The zero-order chi connectivity index (χ0) is 24.1. The van der Waals surface area contributed by atoms with Gasteiger partial charge in [-0.2, -0.15) is 0 Å². The maximum absolute atomic E-state index is 2.83. The number of nitrogens with zero attached hydrogens (tertiary/aromatic N) is 1. The van der Waals surface area contributed by atoms with Crippen molar-refractivity contribution in [3.63, 3.8) is 0 Å². The van der Waals surface area contributed by atoms with Gasteiger partial charge in [0.1, 0.15) is 0 Å². The Kier molecular flexibility index (Phi) is 30.0. The maximum atomic E-state index is 2.83. The highest BCUT2D eigenvalue weighted by Crippen LogP contribution is 2.13. The molecule has 1 heteroatoms. The molecule has 0 N–H and O–H groups in total. The molecule has 0 heterocycles. The molecule has 0 saturated heterocycles. The summed E-state index contributed by atoms with van der Waals surface area (Å²) in [5.41, 5.74) is 0. The van der Waals surface area contributed by atoms with Crippen molar-refractivity contribution < 1.29 is 0 Å². The van der Waals surface area contributed by atoms with E-state index in [9.17, 15) is 0 Å². The normalized spacial score (nSPS) is 11.6. The Morgan fingerprint density at radius 3 is 0.636 bits per heavy atom. The quantitative estimate of drug-likeness (QED) is 0.0992. The largest absolute Gasteiger partial charge is 0.303 e. The summed E-state index contributed by atoms with van der Waals surface area (Å²) in [5.74, 6) is 0. The molecule has 0 aliphatic carbocycles. The minimum absolute atomic E-state index is 1.36. The number of rotatable bonds is 29. The molecule has 0 radical (unpaired) electrons. The van der Waals surface area contributed by atoms with Gasteiger partial charge in [0.25, 0.3) is 0 Å². The van der Waals surface area contributed by atoms with E-state index in [1.54, 1.807) is 0 Å². The molecule has 0 aliphatic heterocycles. The van der Waals surface area contributed by atoms with Crippen LogP contribution in [0.1, 0.15) is 188 Å². The van der Waals surface area contributed by atoms with Gasteiger partial charge < -0.3 is 4.90 Å². The van der Waals surface area contributed by atoms with Crippen molar-refractivity contribution in [1.82, 2.24) is 4.90 Å². The van der Waals surface area contributed by atoms with Crippen LogP contribution in [-0.2, 0) is 0 Å². The van der Waals surface area contributed by atoms with E-state index in [2.05, 4.69) is 25.7 Å². The first-order chi connectivity index (χ1) is 16.3. The lowest BCUT2D eigenvalue weighted by molar-refractivity contribution is 0.254. The summed E-state index contributed by atoms with van der Waals surface area (Å²) in [5, 5.41) is 0. The van der Waals surface area contributed by atoms with Gasteiger partial charge in [-0.25, -0.2) is 0 Å². The van der Waals surface area contributed by atoms with Crippen LogP contribution < -0.4 is 0 Å². The van der Waals surface area contributed by atoms with E-state index in [0.717, 1.165) is 0 Å². The molecule has 0 aromatic heterocycles. The van der Waals surface area contributed by atoms with Crippen LogP contribution in [0.4, 0.5) is 0 Å². The number of hydrogen-bond acceptors (Lipinski definition) is 1. The topological polar surface area (TPSA) is 3.24 Å². The second-order valence-electron chi connectivity index (χ2n) is 11.0. The van der Waals surface area contributed by atoms with Crippen LogP contribution in [0.3, 0.4) is 0 Å². The summed E-state index contributed by atoms with van der Waals surface area (Å²) >= 11 is 0. The van der Waals surface area contributed by atoms with Crippen molar-refractivity contribution >= 4 is 0 Å². The Bertz CT molecular complexity index is 304. The Labute approximate surface area is 212 Å². The minimum Gasteiger partial charge on any atom is -0.303 e. The van der Waals surface area contributed by atoms with Gasteiger partial charge in [0.05, 0.1) is 0 Å². The average Bonchev–Trinajstić information content (AvgIpc) is 2.83. The summed E-state index contributed by atoms with van der Waals surface area (Å²) in [4.78, 5) is 2.83. The molecule has 0 amide bonds. The van der Waals surface area contributed by atoms with Crippen LogP contribution in [0.25, 0.3) is 0 Å². The van der Waals surface area contributed by atoms with E-state index < -0.39 is 0 Å². The highest BCUT2D eigenvalue weighted by molar-refractivity contribution is 4.61. The van der Waals surface area contributed by atoms with Crippen LogP contribution in [0, 0.1) is 0 Å². The average molecular weight is 466 g/mol. The fourth-order valence-corrected chi connectivity index (χ4v) is 5.10. The molecule has 1 nitrogen and oxygen atoms in total. The monoisotopic (exact) mass is 466 g/mol. The molecular formula is C32H67N. The third-order valence-corrected chi connectivity index (χ3v) is 7.48. The lowest BCUT2D eigenvalue weighted by atomic mass is 10.1. The zero-order valence-corrected chi connectivity index (χ0v) is 24.0. The van der Waals surface area contributed by atoms with Crippen molar-refractivity contribution in [3.05, 3.63) is 0 Å². The number of hydrogen-bond donors (Lipinski definition) is 0. The van der Waals surface area contributed by atoms with E-state index >= 15 is 0 Å². The summed E-state index contributed by atoms with van der Waals surface area (Å²) in [6, 6.07) is 0. The molecule has 0 aliphatic rings. The van der Waals surface area contributed by atoms with Gasteiger partial charge in [-0.3, -0.25) is 0 Å². The molecule has 0 saturated carbocycles. The first-order valence-electron chi connectivity index (χ1n) is 16.1. The summed E-state index contributed by atoms with van der Waals surface area (Å²) < 4.78 is 0. The van der Waals surface area contributed by atoms with Crippen LogP contribution in [0.15, 0.2) is 0 Å². The van der Waals surface area contributed by atoms with E-state index in [0.29, 0.717) is 0 Å². The van der Waals surface area contributed by atoms with Crippen molar-refractivity contribution in [1.29, 1.82) is 0 Å². The van der Waals surface area contributed by atoms with Gasteiger partial charge in [-0.05, 0) is 38.9 Å². The highest BCUT2D eigenvalue weighted by Gasteiger charge is 2.05. The van der Waals surface area contributed by atoms with Crippen molar-refractivity contribution in [2.75, 3.05) is 19.6 Å². The van der Waals surface area contributed by atoms with E-state index in [1.165, 1.54) is 187 Å². The Balaban J connectivity index is 3.84. The predicted molar refractivity (Wildman–Crippen MR) is 154 cm³/mol. The van der Waals surface area contributed by atoms with E-state index in [-0.39, 0.29) is 0 Å². The smallest absolute Gasteiger partial charge is 0.00187 e. The standard InChI is InChI=1S/C32H67N/c1-4-7-10-13-16-19-22-25-28-31-33(30-27-24-21-18-15-12-9-6-3)32-29-26-23-20-17-14-11-8-5-2/h4-32H2,1-3H3. The molecule has 0 fully saturated rings. The summed E-state index contributed by atoms with van der Waals surface area (Å²) in [6.45, 7) is 11.0. The molecule has 0 rings (SSSR count). The van der Waals surface area contributed by atoms with Crippen molar-refractivity contribution in [3.8, 4) is 0 Å². The summed E-state index contributed by atoms with van der Waals surface area (Å²) in [6.07, 6.45) is 37.6. The third-order valence-electron chi connectivity index (χ3n) is 7.48. The molecule has 33 heavy (non-hydrogen) atoms. The highest BCUT2D eigenvalue weighted by atomic mass is 15.1. The van der Waals surface area contributed by atoms with Crippen molar-refractivity contribution in [2.24, 2.45) is 0 Å². The molecule has 0 atom stereocenters. The maximum Gasteiger partial charge on any atom is -0.00187 e. The molecule has 0 aromatic carbocycles. The fraction of sp³-hybridized carbons (Fsp3) is 1.00. The Hall–Kier alpha value is -0.0400. The van der Waals surface area contributed by atoms with Gasteiger partial charge in [0.15, 0.2) is 0 Å². The predicted octanol–water partition coefficient (Wildman–Crippen LogP) is 11.5. The Morgan fingerprint density at radius 2 is 0.424 bits per heavy atom. The first-order valence-corrected chi connectivity index (χ1v) is 16.1. The third kappa shape index (κ3) is 28.1. The lowest BCUT2D eigenvalue weighted by Gasteiger charge is -2.22. The summed E-state index contributed by atoms with van der Waals surface area (Å²) in [7, 11) is 0. The van der Waals surface area contributed by atoms with Crippen LogP contribution in [-0.4, -0.2) is 24.5 Å². The van der Waals surface area contributed by atoms with Crippen LogP contribution >= 0.6 is 0 Å². The van der Waals surface area contributed by atoms with Crippen molar-refractivity contribution in [2.45, 2.75) is 188 Å². The van der Waals surface area contributed by atoms with E-state index in [1.807, 2.05) is 0 Å². The van der Waals surface area contributed by atoms with E-state index in [4.69, 9.17) is 0 Å². The first kappa shape index (κ1) is 33.0. The fourth-order valence-electron chi connectivity index (χ4n) is 5.10. The minimum atomic E-state index is 1.36. The molecule has 200 valence electrons. The molecular weight excluding hydrogens is 398 g/mol. The second kappa shape index (κ2) is 30.0. The second-order valence-corrected chi connectivity index (χ2v) is 11.0. The molecule has 0 aromatic rings. The SMILES string of the molecule is CCCCCCCCCCCN(CCCCCCCCCC)CCCCCCCCCCC. The van der Waals surface area contributed by atoms with Gasteiger partial charge in [-0.15, -0.1) is 0 Å². The molecule has 0 bridgehead atoms. The number of unbranched alkanes of at least 4 members (excludes halogenated alkanes) is 23. The van der Waals surface area contributed by atoms with Crippen LogP contribution in [0.2, 0.25) is 0 Å². The van der Waals surface area contributed by atoms with Crippen LogP contribution in [0.5, 0.6) is 0 Å². The van der Waals surface area contributed by atoms with Gasteiger partial charge in [0.2, 0.25) is 0 Å². The van der Waals surface area contributed by atoms with Gasteiger partial charge >= 0.3 is 0 Å². The molecule has 0 unspecified atom stereocenters. The van der Waals surface area contributed by atoms with Gasteiger partial charge in [-0.1, -0.05) is 168 Å². The lowest BCUT2D eigenvalue weighted by Crippen LogP contribution is -2.27.